The zero-order chi connectivity index (χ0) is 25.6. The second-order valence-corrected chi connectivity index (χ2v) is 10.8. The lowest BCUT2D eigenvalue weighted by Gasteiger charge is -2.33. The van der Waals surface area contributed by atoms with E-state index in [1.807, 2.05) is 0 Å². The number of esters is 1. The maximum atomic E-state index is 13.7. The van der Waals surface area contributed by atoms with E-state index >= 15 is 0 Å². The van der Waals surface area contributed by atoms with Crippen LogP contribution in [0.15, 0.2) is 52.2 Å². The van der Waals surface area contributed by atoms with Crippen LogP contribution in [0.5, 0.6) is 5.75 Å². The molecule has 190 valence electrons. The molecule has 2 fully saturated rings. The van der Waals surface area contributed by atoms with Gasteiger partial charge in [0.15, 0.2) is 6.23 Å². The molecule has 0 amide bonds. The molecule has 1 aliphatic carbocycles. The molecule has 3 N–H and O–H groups in total. The van der Waals surface area contributed by atoms with E-state index in [9.17, 15) is 24.1 Å². The lowest BCUT2D eigenvalue weighted by Crippen LogP contribution is -2.47. The molecular formula is C21H25ClN3O9P. The molecular weight excluding hydrogens is 505 g/mol. The summed E-state index contributed by atoms with van der Waals surface area (Å²) >= 11 is 6.66. The Bertz CT molecular complexity index is 1270. The average Bonchev–Trinajstić information content (AvgIpc) is 3.27. The molecule has 1 aliphatic heterocycles. The van der Waals surface area contributed by atoms with E-state index in [1.54, 1.807) is 25.1 Å². The third-order valence-electron chi connectivity index (χ3n) is 5.87. The molecule has 0 radical (unpaired) electrons. The Morgan fingerprint density at radius 2 is 2.03 bits per heavy atom. The number of halogens is 1. The fraction of sp³-hybridized carbons (Fsp3) is 0.476. The van der Waals surface area contributed by atoms with Crippen molar-refractivity contribution in [1.29, 1.82) is 0 Å². The molecule has 4 rings (SSSR count). The number of ether oxygens (including phenoxy) is 2. The summed E-state index contributed by atoms with van der Waals surface area (Å²) in [6.45, 7) is 4.60. The van der Waals surface area contributed by atoms with Crippen LogP contribution < -0.4 is 20.9 Å². The number of alkyl halides is 1. The van der Waals surface area contributed by atoms with Crippen molar-refractivity contribution in [3.63, 3.8) is 0 Å². The van der Waals surface area contributed by atoms with Crippen LogP contribution in [-0.4, -0.2) is 56.0 Å². The van der Waals surface area contributed by atoms with Gasteiger partial charge in [-0.05, 0) is 32.9 Å². The molecule has 3 unspecified atom stereocenters. The highest BCUT2D eigenvalue weighted by Gasteiger charge is 2.84. The van der Waals surface area contributed by atoms with Crippen molar-refractivity contribution in [2.45, 2.75) is 55.7 Å². The molecule has 14 heteroatoms. The van der Waals surface area contributed by atoms with Crippen molar-refractivity contribution >= 4 is 25.3 Å². The van der Waals surface area contributed by atoms with E-state index in [0.29, 0.717) is 0 Å². The second-order valence-electron chi connectivity index (χ2n) is 8.36. The summed E-state index contributed by atoms with van der Waals surface area (Å²) in [5.74, 6) is -0.497. The number of para-hydroxylation sites is 1. The van der Waals surface area contributed by atoms with Gasteiger partial charge in [-0.1, -0.05) is 18.2 Å². The highest BCUT2D eigenvalue weighted by atomic mass is 35.5. The number of rotatable bonds is 9. The summed E-state index contributed by atoms with van der Waals surface area (Å²) in [6.07, 6.45) is -2.27. The number of aromatic amines is 1. The minimum atomic E-state index is -4.29. The molecule has 1 aromatic heterocycles. The normalized spacial score (nSPS) is 31.7. The fourth-order valence-electron chi connectivity index (χ4n) is 3.99. The van der Waals surface area contributed by atoms with Crippen molar-refractivity contribution < 1.29 is 33.0 Å². The number of carbonyl (C=O) groups is 1. The van der Waals surface area contributed by atoms with Crippen LogP contribution in [0.1, 0.15) is 27.0 Å². The zero-order valence-electron chi connectivity index (χ0n) is 19.0. The monoisotopic (exact) mass is 529 g/mol. The van der Waals surface area contributed by atoms with Crippen molar-refractivity contribution in [2.75, 3.05) is 6.61 Å². The Hall–Kier alpha value is -2.47. The molecule has 0 bridgehead atoms. The lowest BCUT2D eigenvalue weighted by atomic mass is 10.0. The predicted molar refractivity (Wildman–Crippen MR) is 123 cm³/mol. The Labute approximate surface area is 204 Å². The second kappa shape index (κ2) is 9.20. The Morgan fingerprint density at radius 3 is 2.60 bits per heavy atom. The van der Waals surface area contributed by atoms with E-state index in [4.69, 9.17) is 30.1 Å². The highest BCUT2D eigenvalue weighted by Crippen LogP contribution is 2.66. The first-order chi connectivity index (χ1) is 16.4. The standard InChI is InChI=1S/C21H25ClN3O9P/c1-4-31-17(27)12(2)24-35(30,33-13-8-6-5-7-9-13)34-16-15-21(16,29)20(3,22)18(32-15)25-11-10-14(26)23-19(25)28/h5-12,15-16,18,29H,4H2,1-3H3,(H,24,30)(H,23,26,28)/t12?,15-,16?,18-,20+,21+,35?/m1/s1. The van der Waals surface area contributed by atoms with Crippen molar-refractivity contribution in [3.05, 3.63) is 63.4 Å². The predicted octanol–water partition coefficient (Wildman–Crippen LogP) is 1.29. The van der Waals surface area contributed by atoms with Crippen LogP contribution in [-0.2, 0) is 23.4 Å². The van der Waals surface area contributed by atoms with Gasteiger partial charge in [-0.3, -0.25) is 23.7 Å². The Morgan fingerprint density at radius 1 is 1.34 bits per heavy atom. The minimum Gasteiger partial charge on any atom is -0.465 e. The topological polar surface area (TPSA) is 158 Å². The summed E-state index contributed by atoms with van der Waals surface area (Å²) < 4.78 is 36.8. The molecule has 2 heterocycles. The number of aliphatic hydroxyl groups is 1. The number of hydrogen-bond acceptors (Lipinski definition) is 9. The number of aromatic nitrogens is 2. The third kappa shape index (κ3) is 4.57. The van der Waals surface area contributed by atoms with Gasteiger partial charge in [-0.15, -0.1) is 11.6 Å². The summed E-state index contributed by atoms with van der Waals surface area (Å²) in [4.78, 5) is 36.2. The SMILES string of the molecule is CCOC(=O)C(C)NP(=O)(Oc1ccccc1)OC1[C@H]2O[C@@H](n3ccc(=O)[nH]c3=O)[C@](C)(Cl)[C@@]12O. The molecule has 0 spiro atoms. The first-order valence-electron chi connectivity index (χ1n) is 10.8. The van der Waals surface area contributed by atoms with Gasteiger partial charge < -0.3 is 19.1 Å². The molecule has 1 saturated heterocycles. The van der Waals surface area contributed by atoms with Crippen LogP contribution in [0.2, 0.25) is 0 Å². The minimum absolute atomic E-state index is 0.115. The molecule has 35 heavy (non-hydrogen) atoms. The maximum Gasteiger partial charge on any atom is 0.459 e. The molecule has 12 nitrogen and oxygen atoms in total. The largest absolute Gasteiger partial charge is 0.465 e. The van der Waals surface area contributed by atoms with Gasteiger partial charge in [-0.25, -0.2) is 9.36 Å². The number of benzene rings is 1. The van der Waals surface area contributed by atoms with E-state index in [-0.39, 0.29) is 12.4 Å². The van der Waals surface area contributed by atoms with Gasteiger partial charge in [0.2, 0.25) is 0 Å². The first-order valence-corrected chi connectivity index (χ1v) is 12.7. The fourth-order valence-corrected chi connectivity index (χ4v) is 6.07. The van der Waals surface area contributed by atoms with Gasteiger partial charge >= 0.3 is 19.4 Å². The molecule has 1 aromatic carbocycles. The van der Waals surface area contributed by atoms with Crippen LogP contribution >= 0.6 is 19.3 Å². The van der Waals surface area contributed by atoms with Gasteiger partial charge in [0, 0.05) is 12.3 Å². The highest BCUT2D eigenvalue weighted by molar-refractivity contribution is 7.52. The number of nitrogens with one attached hydrogen (secondary N) is 2. The first kappa shape index (κ1) is 25.6. The number of carbonyl (C=O) groups excluding carboxylic acids is 1. The van der Waals surface area contributed by atoms with Gasteiger partial charge in [0.1, 0.15) is 34.5 Å². The summed E-state index contributed by atoms with van der Waals surface area (Å²) in [5.41, 5.74) is -3.26. The number of hydrogen-bond donors (Lipinski definition) is 3. The summed E-state index contributed by atoms with van der Waals surface area (Å²) in [7, 11) is -4.29. The number of fused-ring (bicyclic) bond motifs is 1. The van der Waals surface area contributed by atoms with Crippen molar-refractivity contribution in [1.82, 2.24) is 14.6 Å². The van der Waals surface area contributed by atoms with E-state index in [2.05, 4.69) is 10.1 Å². The average molecular weight is 530 g/mol. The zero-order valence-corrected chi connectivity index (χ0v) is 20.7. The van der Waals surface area contributed by atoms with E-state index < -0.39 is 59.9 Å². The smallest absolute Gasteiger partial charge is 0.459 e. The van der Waals surface area contributed by atoms with Crippen LogP contribution in [0.25, 0.3) is 0 Å². The van der Waals surface area contributed by atoms with E-state index in [1.165, 1.54) is 32.2 Å². The van der Waals surface area contributed by atoms with Crippen LogP contribution in [0.3, 0.4) is 0 Å². The lowest BCUT2D eigenvalue weighted by molar-refractivity contribution is -0.144. The molecule has 1 saturated carbocycles. The van der Waals surface area contributed by atoms with Crippen molar-refractivity contribution in [3.8, 4) is 5.75 Å². The number of nitrogens with zero attached hydrogens (tertiary/aromatic N) is 1. The summed E-state index contributed by atoms with van der Waals surface area (Å²) in [5, 5.41) is 13.8. The van der Waals surface area contributed by atoms with E-state index in [0.717, 1.165) is 10.6 Å². The molecule has 2 aromatic rings. The Kier molecular flexibility index (Phi) is 6.73. The van der Waals surface area contributed by atoms with Gasteiger partial charge in [0.25, 0.3) is 5.56 Å². The van der Waals surface area contributed by atoms with Gasteiger partial charge in [-0.2, -0.15) is 5.09 Å². The molecule has 7 atom stereocenters. The van der Waals surface area contributed by atoms with Crippen LogP contribution in [0, 0.1) is 0 Å². The summed E-state index contributed by atoms with van der Waals surface area (Å²) in [6, 6.07) is 8.15. The maximum absolute atomic E-state index is 13.7. The molecule has 2 aliphatic rings. The van der Waals surface area contributed by atoms with Gasteiger partial charge in [0.05, 0.1) is 6.61 Å². The third-order valence-corrected chi connectivity index (χ3v) is 8.02. The number of H-pyrrole nitrogens is 1. The Balaban J connectivity index is 1.58. The quantitative estimate of drug-likeness (QED) is 0.245. The van der Waals surface area contributed by atoms with Crippen LogP contribution in [0.4, 0.5) is 0 Å². The van der Waals surface area contributed by atoms with Crippen molar-refractivity contribution in [2.24, 2.45) is 0 Å².